The van der Waals surface area contributed by atoms with Gasteiger partial charge in [0.1, 0.15) is 0 Å². The van der Waals surface area contributed by atoms with Crippen LogP contribution >= 0.6 is 0 Å². The van der Waals surface area contributed by atoms with E-state index in [9.17, 15) is 8.42 Å². The van der Waals surface area contributed by atoms with E-state index in [2.05, 4.69) is 45.7 Å². The summed E-state index contributed by atoms with van der Waals surface area (Å²) in [5.41, 5.74) is 2.01. The van der Waals surface area contributed by atoms with Gasteiger partial charge in [0.15, 0.2) is 0 Å². The van der Waals surface area contributed by atoms with E-state index in [1.165, 1.54) is 0 Å². The average Bonchev–Trinajstić information content (AvgIpc) is 2.80. The van der Waals surface area contributed by atoms with Crippen LogP contribution in [0, 0.1) is 43.1 Å². The molecule has 1 fully saturated rings. The molecule has 0 aliphatic heterocycles. The Balaban J connectivity index is 0. The number of nitrogens with zero attached hydrogens (tertiary/aromatic N) is 1. The van der Waals surface area contributed by atoms with Crippen LogP contribution < -0.4 is 0 Å². The van der Waals surface area contributed by atoms with Crippen molar-refractivity contribution in [2.75, 3.05) is 6.26 Å². The topological polar surface area (TPSA) is 67.3 Å². The van der Waals surface area contributed by atoms with Gasteiger partial charge in [-0.1, -0.05) is 46.8 Å². The van der Waals surface area contributed by atoms with Crippen molar-refractivity contribution in [3.63, 3.8) is 0 Å². The van der Waals surface area contributed by atoms with Gasteiger partial charge in [-0.05, 0) is 41.3 Å². The van der Waals surface area contributed by atoms with Crippen LogP contribution in [0.2, 0.25) is 0 Å². The van der Waals surface area contributed by atoms with Crippen molar-refractivity contribution in [3.05, 3.63) is 62.2 Å². The van der Waals surface area contributed by atoms with Crippen molar-refractivity contribution >= 4 is 10.1 Å². The Morgan fingerprint density at radius 3 is 1.59 bits per heavy atom. The van der Waals surface area contributed by atoms with Crippen molar-refractivity contribution < 1.29 is 33.1 Å². The van der Waals surface area contributed by atoms with Gasteiger partial charge in [0, 0.05) is 26.3 Å². The monoisotopic (exact) mass is 598 g/mol. The van der Waals surface area contributed by atoms with E-state index in [4.69, 9.17) is 4.55 Å². The van der Waals surface area contributed by atoms with Crippen LogP contribution in [-0.2, 0) is 30.2 Å². The summed E-state index contributed by atoms with van der Waals surface area (Å²) in [6, 6.07) is 16.8. The Morgan fingerprint density at radius 2 is 1.28 bits per heavy atom. The summed E-state index contributed by atoms with van der Waals surface area (Å²) < 4.78 is 25.9. The minimum absolute atomic E-state index is 0. The second kappa shape index (κ2) is 14.0. The third kappa shape index (κ3) is 11.0. The van der Waals surface area contributed by atoms with Crippen molar-refractivity contribution in [1.82, 2.24) is 4.98 Å². The number of benzene rings is 1. The molecule has 0 unspecified atom stereocenters. The van der Waals surface area contributed by atoms with Crippen LogP contribution in [0.1, 0.15) is 34.6 Å². The smallest absolute Gasteiger partial charge is 0.261 e. The van der Waals surface area contributed by atoms with Crippen molar-refractivity contribution in [1.29, 1.82) is 0 Å². The first kappa shape index (κ1) is 30.1. The molecule has 1 saturated carbocycles. The van der Waals surface area contributed by atoms with Crippen molar-refractivity contribution in [3.8, 4) is 11.3 Å². The minimum atomic E-state index is -3.67. The van der Waals surface area contributed by atoms with Crippen molar-refractivity contribution in [2.45, 2.75) is 34.6 Å². The summed E-state index contributed by atoms with van der Waals surface area (Å²) in [6.45, 7) is 12.0. The minimum Gasteiger partial charge on any atom is -0.358 e. The second-order valence-electron chi connectivity index (χ2n) is 7.52. The SMILES string of the molecule is CC1C(C)C(C)C(C)C1C.CS(=O)(=O)O.[CH3-].[Ir].[c-]1ccccc1-c1ccccn1. The molecule has 0 saturated heterocycles. The fourth-order valence-corrected chi connectivity index (χ4v) is 3.47. The van der Waals surface area contributed by atoms with Gasteiger partial charge in [0.25, 0.3) is 10.1 Å². The Kier molecular flexibility index (Phi) is 14.6. The summed E-state index contributed by atoms with van der Waals surface area (Å²) in [7, 11) is -3.67. The van der Waals surface area contributed by atoms with Gasteiger partial charge in [-0.3, -0.25) is 4.55 Å². The molecule has 1 heterocycles. The largest absolute Gasteiger partial charge is 0.358 e. The Labute approximate surface area is 191 Å². The molecule has 0 amide bonds. The molecule has 2 aromatic rings. The Morgan fingerprint density at radius 1 is 0.862 bits per heavy atom. The molecule has 0 spiro atoms. The fourth-order valence-electron chi connectivity index (χ4n) is 3.47. The fraction of sp³-hybridized carbons (Fsp3) is 0.478. The molecular formula is C23H35IrNO3S-2. The van der Waals surface area contributed by atoms with E-state index in [-0.39, 0.29) is 27.5 Å². The quantitative estimate of drug-likeness (QED) is 0.339. The van der Waals surface area contributed by atoms with Crippen LogP contribution in [0.15, 0.2) is 48.7 Å². The average molecular weight is 598 g/mol. The molecule has 1 aliphatic rings. The van der Waals surface area contributed by atoms with Gasteiger partial charge in [0.05, 0.1) is 6.26 Å². The van der Waals surface area contributed by atoms with Crippen LogP contribution in [-0.4, -0.2) is 24.2 Å². The molecule has 1 aliphatic carbocycles. The summed E-state index contributed by atoms with van der Waals surface area (Å²) in [5, 5.41) is 0. The van der Waals surface area contributed by atoms with Gasteiger partial charge in [-0.25, -0.2) is 0 Å². The van der Waals surface area contributed by atoms with E-state index in [1.54, 1.807) is 6.20 Å². The zero-order valence-corrected chi connectivity index (χ0v) is 21.7. The first-order valence-corrected chi connectivity index (χ1v) is 11.2. The molecule has 1 radical (unpaired) electrons. The number of rotatable bonds is 1. The second-order valence-corrected chi connectivity index (χ2v) is 8.99. The van der Waals surface area contributed by atoms with Crippen LogP contribution in [0.4, 0.5) is 0 Å². The molecule has 6 heteroatoms. The summed E-state index contributed by atoms with van der Waals surface area (Å²) in [4.78, 5) is 4.22. The van der Waals surface area contributed by atoms with E-state index < -0.39 is 10.1 Å². The Bertz CT molecular complexity index is 679. The van der Waals surface area contributed by atoms with E-state index in [1.807, 2.05) is 42.5 Å². The van der Waals surface area contributed by atoms with Gasteiger partial charge in [-0.15, -0.1) is 35.9 Å². The molecule has 3 rings (SSSR count). The maximum Gasteiger partial charge on any atom is 0.261 e. The van der Waals surface area contributed by atoms with E-state index in [0.29, 0.717) is 6.26 Å². The first-order chi connectivity index (χ1) is 12.5. The molecule has 29 heavy (non-hydrogen) atoms. The molecule has 1 aromatic heterocycles. The molecule has 4 nitrogen and oxygen atoms in total. The molecule has 1 N–H and O–H groups in total. The predicted molar refractivity (Wildman–Crippen MR) is 118 cm³/mol. The third-order valence-electron chi connectivity index (χ3n) is 5.80. The molecular weight excluding hydrogens is 563 g/mol. The van der Waals surface area contributed by atoms with Crippen LogP contribution in [0.5, 0.6) is 0 Å². The summed E-state index contributed by atoms with van der Waals surface area (Å²) in [6.07, 6.45) is 2.50. The third-order valence-corrected chi connectivity index (χ3v) is 5.80. The number of aromatic nitrogens is 1. The van der Waals surface area contributed by atoms with Crippen LogP contribution in [0.25, 0.3) is 11.3 Å². The normalized spacial score (nSPS) is 25.1. The zero-order valence-electron chi connectivity index (χ0n) is 18.5. The Hall–Kier alpha value is -1.07. The molecule has 0 atom stereocenters. The summed E-state index contributed by atoms with van der Waals surface area (Å²) in [5.74, 6) is 4.68. The first-order valence-electron chi connectivity index (χ1n) is 9.33. The molecule has 1 aromatic carbocycles. The van der Waals surface area contributed by atoms with Gasteiger partial charge in [-0.2, -0.15) is 8.42 Å². The van der Waals surface area contributed by atoms with E-state index >= 15 is 0 Å². The number of hydrogen-bond acceptors (Lipinski definition) is 3. The standard InChI is InChI=1S/C11H8N.C10H20.CH4O3S.CH3.Ir/c1-2-6-10(7-3-1)11-8-4-5-9-12-11;1-6-7(2)9(4)10(5)8(6)3;1-5(2,3)4;;/h1-6,8-9H;6-10H,1-5H3;1H3,(H,2,3,4);1H3;/q-1;;;-1;. The molecule has 0 bridgehead atoms. The number of pyridine rings is 1. The number of hydrogen-bond donors (Lipinski definition) is 1. The summed E-state index contributed by atoms with van der Waals surface area (Å²) >= 11 is 0. The predicted octanol–water partition coefficient (Wildman–Crippen LogP) is 5.68. The van der Waals surface area contributed by atoms with Crippen LogP contribution in [0.3, 0.4) is 0 Å². The van der Waals surface area contributed by atoms with Gasteiger partial charge >= 0.3 is 0 Å². The maximum absolute atomic E-state index is 9.19. The van der Waals surface area contributed by atoms with Crippen molar-refractivity contribution in [2.24, 2.45) is 29.6 Å². The maximum atomic E-state index is 9.19. The molecule has 167 valence electrons. The van der Waals surface area contributed by atoms with Gasteiger partial charge in [0.2, 0.25) is 0 Å². The zero-order chi connectivity index (χ0) is 20.6. The van der Waals surface area contributed by atoms with Gasteiger partial charge < -0.3 is 12.4 Å². The van der Waals surface area contributed by atoms with E-state index in [0.717, 1.165) is 40.8 Å².